The summed E-state index contributed by atoms with van der Waals surface area (Å²) in [6.07, 6.45) is 1.90. The summed E-state index contributed by atoms with van der Waals surface area (Å²) in [5.74, 6) is 1.77. The second-order valence-electron chi connectivity index (χ2n) is 8.27. The lowest BCUT2D eigenvalue weighted by molar-refractivity contribution is 0.270. The van der Waals surface area contributed by atoms with E-state index in [1.165, 1.54) is 11.6 Å². The largest absolute Gasteiger partial charge is 0.366 e. The van der Waals surface area contributed by atoms with Crippen LogP contribution >= 0.6 is 24.0 Å². The normalized spacial score (nSPS) is 17.7. The van der Waals surface area contributed by atoms with E-state index in [1.807, 2.05) is 25.4 Å². The first-order chi connectivity index (χ1) is 15.7. The number of nitrogens with zero attached hydrogens (tertiary/aromatic N) is 6. The fourth-order valence-electron chi connectivity index (χ4n) is 4.42. The van der Waals surface area contributed by atoms with E-state index in [0.29, 0.717) is 12.2 Å². The van der Waals surface area contributed by atoms with Crippen molar-refractivity contribution < 1.29 is 4.39 Å². The minimum Gasteiger partial charge on any atom is -0.366 e. The number of aromatic nitrogens is 1. The molecule has 2 aliphatic rings. The van der Waals surface area contributed by atoms with Crippen molar-refractivity contribution in [2.45, 2.75) is 13.5 Å². The number of halogens is 2. The van der Waals surface area contributed by atoms with Crippen LogP contribution in [0.15, 0.2) is 47.6 Å². The minimum absolute atomic E-state index is 0. The van der Waals surface area contributed by atoms with Crippen LogP contribution in [-0.2, 0) is 6.54 Å². The number of likely N-dealkylation sites (N-methyl/N-ethyl adjacent to an activating group) is 1. The van der Waals surface area contributed by atoms with E-state index < -0.39 is 0 Å². The average Bonchev–Trinajstić information content (AvgIpc) is 2.85. The highest BCUT2D eigenvalue weighted by atomic mass is 127. The molecule has 7 nitrogen and oxygen atoms in total. The van der Waals surface area contributed by atoms with Crippen LogP contribution in [0.4, 0.5) is 15.9 Å². The van der Waals surface area contributed by atoms with Gasteiger partial charge in [0, 0.05) is 72.1 Å². The molecular formula is C24H35FIN7. The van der Waals surface area contributed by atoms with Gasteiger partial charge in [0.1, 0.15) is 11.6 Å². The zero-order chi connectivity index (χ0) is 22.3. The highest BCUT2D eigenvalue weighted by Crippen LogP contribution is 2.20. The third-order valence-corrected chi connectivity index (χ3v) is 6.39. The fourth-order valence-corrected chi connectivity index (χ4v) is 4.42. The fraction of sp³-hybridized carbons (Fsp3) is 0.500. The van der Waals surface area contributed by atoms with E-state index in [2.05, 4.69) is 53.9 Å². The van der Waals surface area contributed by atoms with Crippen LogP contribution in [0.2, 0.25) is 0 Å². The van der Waals surface area contributed by atoms with Gasteiger partial charge >= 0.3 is 0 Å². The topological polar surface area (TPSA) is 50.2 Å². The van der Waals surface area contributed by atoms with Gasteiger partial charge in [-0.3, -0.25) is 4.99 Å². The van der Waals surface area contributed by atoms with E-state index in [4.69, 9.17) is 0 Å². The van der Waals surface area contributed by atoms with Crippen molar-refractivity contribution in [3.63, 3.8) is 0 Å². The van der Waals surface area contributed by atoms with Crippen molar-refractivity contribution in [2.75, 3.05) is 75.8 Å². The molecule has 0 radical (unpaired) electrons. The quantitative estimate of drug-likeness (QED) is 0.341. The van der Waals surface area contributed by atoms with Gasteiger partial charge in [0.2, 0.25) is 0 Å². The van der Waals surface area contributed by atoms with Crippen molar-refractivity contribution in [2.24, 2.45) is 4.99 Å². The molecule has 1 aromatic heterocycles. The molecule has 33 heavy (non-hydrogen) atoms. The van der Waals surface area contributed by atoms with Crippen molar-refractivity contribution in [3.8, 4) is 0 Å². The lowest BCUT2D eigenvalue weighted by Gasteiger charge is -2.37. The average molecular weight is 567 g/mol. The Hall–Kier alpha value is -2.14. The van der Waals surface area contributed by atoms with Crippen molar-refractivity contribution in [1.29, 1.82) is 0 Å². The third-order valence-electron chi connectivity index (χ3n) is 6.39. The first kappa shape index (κ1) is 25.5. The maximum Gasteiger partial charge on any atom is 0.194 e. The van der Waals surface area contributed by atoms with Gasteiger partial charge in [-0.05, 0) is 36.4 Å². The number of benzene rings is 1. The monoisotopic (exact) mass is 567 g/mol. The molecule has 2 fully saturated rings. The predicted octanol–water partition coefficient (Wildman–Crippen LogP) is 2.88. The summed E-state index contributed by atoms with van der Waals surface area (Å²) in [7, 11) is 1.82. The Kier molecular flexibility index (Phi) is 9.54. The van der Waals surface area contributed by atoms with Crippen LogP contribution in [0.5, 0.6) is 0 Å². The van der Waals surface area contributed by atoms with Gasteiger partial charge in [-0.2, -0.15) is 0 Å². The lowest BCUT2D eigenvalue weighted by Crippen LogP contribution is -2.52. The van der Waals surface area contributed by atoms with Gasteiger partial charge in [-0.15, -0.1) is 24.0 Å². The molecule has 0 amide bonds. The van der Waals surface area contributed by atoms with Gasteiger partial charge < -0.3 is 24.9 Å². The Morgan fingerprint density at radius 3 is 2.36 bits per heavy atom. The number of anilines is 2. The van der Waals surface area contributed by atoms with Crippen LogP contribution in [0.25, 0.3) is 0 Å². The van der Waals surface area contributed by atoms with Gasteiger partial charge in [0.05, 0.1) is 5.69 Å². The summed E-state index contributed by atoms with van der Waals surface area (Å²) in [6.45, 7) is 11.4. The molecule has 9 heteroatoms. The van der Waals surface area contributed by atoms with Crippen LogP contribution < -0.4 is 15.1 Å². The van der Waals surface area contributed by atoms with Crippen LogP contribution in [-0.4, -0.2) is 86.7 Å². The maximum absolute atomic E-state index is 14.1. The SMILES string of the molecule is CCN1CCN(c2cc(CNC(=NC)N3CCN(c4ccccc4F)CC3)ccn2)CC1.I. The summed E-state index contributed by atoms with van der Waals surface area (Å²) in [5, 5.41) is 3.50. The Morgan fingerprint density at radius 2 is 1.70 bits per heavy atom. The Labute approximate surface area is 213 Å². The van der Waals surface area contributed by atoms with Crippen molar-refractivity contribution in [3.05, 3.63) is 54.0 Å². The van der Waals surface area contributed by atoms with Gasteiger partial charge in [0.25, 0.3) is 0 Å². The standard InChI is InChI=1S/C24H34FN7.HI/c1-3-29-10-12-31(13-11-29)23-18-20(8-9-27-23)19-28-24(26-2)32-16-14-30(15-17-32)22-7-5-4-6-21(22)25;/h4-9,18H,3,10-17,19H2,1-2H3,(H,26,28);1H. The minimum atomic E-state index is -0.159. The summed E-state index contributed by atoms with van der Waals surface area (Å²) >= 11 is 0. The number of rotatable bonds is 5. The van der Waals surface area contributed by atoms with E-state index >= 15 is 0 Å². The molecule has 4 rings (SSSR count). The van der Waals surface area contributed by atoms with E-state index in [-0.39, 0.29) is 29.8 Å². The molecule has 3 heterocycles. The predicted molar refractivity (Wildman–Crippen MR) is 144 cm³/mol. The number of hydrogen-bond acceptors (Lipinski definition) is 5. The van der Waals surface area contributed by atoms with E-state index in [0.717, 1.165) is 70.7 Å². The first-order valence-corrected chi connectivity index (χ1v) is 11.5. The van der Waals surface area contributed by atoms with Gasteiger partial charge in [0.15, 0.2) is 5.96 Å². The zero-order valence-electron chi connectivity index (χ0n) is 19.6. The maximum atomic E-state index is 14.1. The highest BCUT2D eigenvalue weighted by Gasteiger charge is 2.22. The summed E-state index contributed by atoms with van der Waals surface area (Å²) < 4.78 is 14.1. The molecule has 0 atom stereocenters. The lowest BCUT2D eigenvalue weighted by atomic mass is 10.2. The molecule has 1 N–H and O–H groups in total. The van der Waals surface area contributed by atoms with E-state index in [9.17, 15) is 4.39 Å². The zero-order valence-corrected chi connectivity index (χ0v) is 21.9. The van der Waals surface area contributed by atoms with Crippen molar-refractivity contribution in [1.82, 2.24) is 20.1 Å². The number of pyridine rings is 1. The molecule has 0 unspecified atom stereocenters. The van der Waals surface area contributed by atoms with Crippen LogP contribution in [0, 0.1) is 5.82 Å². The van der Waals surface area contributed by atoms with Crippen LogP contribution in [0.3, 0.4) is 0 Å². The Morgan fingerprint density at radius 1 is 1.00 bits per heavy atom. The second kappa shape index (κ2) is 12.4. The van der Waals surface area contributed by atoms with Crippen molar-refractivity contribution >= 4 is 41.4 Å². The van der Waals surface area contributed by atoms with Gasteiger partial charge in [-0.1, -0.05) is 19.1 Å². The molecule has 180 valence electrons. The molecule has 0 saturated carbocycles. The van der Waals surface area contributed by atoms with Gasteiger partial charge in [-0.25, -0.2) is 9.37 Å². The molecule has 0 aliphatic carbocycles. The molecule has 0 spiro atoms. The number of aliphatic imine (C=N–C) groups is 1. The summed E-state index contributed by atoms with van der Waals surface area (Å²) in [5.41, 5.74) is 1.87. The molecule has 1 aromatic carbocycles. The molecule has 2 aromatic rings. The Bertz CT molecular complexity index is 909. The number of para-hydroxylation sites is 1. The number of piperazine rings is 2. The molecule has 0 bridgehead atoms. The molecule has 2 aliphatic heterocycles. The molecule has 2 saturated heterocycles. The van der Waals surface area contributed by atoms with E-state index in [1.54, 1.807) is 6.07 Å². The summed E-state index contributed by atoms with van der Waals surface area (Å²) in [6, 6.07) is 11.2. The molecular weight excluding hydrogens is 532 g/mol. The highest BCUT2D eigenvalue weighted by molar-refractivity contribution is 14.0. The van der Waals surface area contributed by atoms with Crippen LogP contribution in [0.1, 0.15) is 12.5 Å². The number of hydrogen-bond donors (Lipinski definition) is 1. The number of nitrogens with one attached hydrogen (secondary N) is 1. The first-order valence-electron chi connectivity index (χ1n) is 11.5. The smallest absolute Gasteiger partial charge is 0.194 e. The third kappa shape index (κ3) is 6.47. The Balaban J connectivity index is 0.00000306. The number of guanidine groups is 1. The second-order valence-corrected chi connectivity index (χ2v) is 8.27. The summed E-state index contributed by atoms with van der Waals surface area (Å²) in [4.78, 5) is 18.3.